The molecule has 1 atom stereocenters. The third kappa shape index (κ3) is 3.53. The topological polar surface area (TPSA) is 76.9 Å². The van der Waals surface area contributed by atoms with Crippen molar-refractivity contribution in [2.75, 3.05) is 6.61 Å². The maximum atomic E-state index is 9.36. The van der Waals surface area contributed by atoms with Crippen molar-refractivity contribution in [2.24, 2.45) is 11.1 Å². The Hall–Kier alpha value is -1.68. The Labute approximate surface area is 144 Å². The molecule has 1 aliphatic carbocycles. The number of nitriles is 1. The summed E-state index contributed by atoms with van der Waals surface area (Å²) in [5.41, 5.74) is 8.93. The smallest absolute Gasteiger partial charge is 0.124 e. The largest absolute Gasteiger partial charge is 0.361 e. The third-order valence-corrected chi connectivity index (χ3v) is 6.54. The van der Waals surface area contributed by atoms with Crippen molar-refractivity contribution in [3.8, 4) is 6.07 Å². The predicted molar refractivity (Wildman–Crippen MR) is 98.0 cm³/mol. The first-order valence-electron chi connectivity index (χ1n) is 8.54. The number of hydrogen-bond donors (Lipinski definition) is 1. The summed E-state index contributed by atoms with van der Waals surface area (Å²) in [7, 11) is -1.07. The van der Waals surface area contributed by atoms with Crippen molar-refractivity contribution in [3.63, 3.8) is 0 Å². The van der Waals surface area contributed by atoms with Crippen molar-refractivity contribution in [3.05, 3.63) is 30.1 Å². The quantitative estimate of drug-likeness (QED) is 0.615. The first kappa shape index (κ1) is 17.2. The van der Waals surface area contributed by atoms with E-state index < -0.39 is 8.07 Å². The first-order valence-corrected chi connectivity index (χ1v) is 12.2. The first-order chi connectivity index (χ1) is 11.3. The summed E-state index contributed by atoms with van der Waals surface area (Å²) in [5, 5.41) is 9.36. The van der Waals surface area contributed by atoms with E-state index in [4.69, 9.17) is 10.5 Å². The molecule has 6 heteroatoms. The van der Waals surface area contributed by atoms with Gasteiger partial charge in [0.2, 0.25) is 0 Å². The second kappa shape index (κ2) is 6.32. The molecule has 24 heavy (non-hydrogen) atoms. The minimum Gasteiger partial charge on any atom is -0.361 e. The van der Waals surface area contributed by atoms with Crippen LogP contribution in [0, 0.1) is 16.7 Å². The monoisotopic (exact) mass is 342 g/mol. The Kier molecular flexibility index (Phi) is 4.52. The van der Waals surface area contributed by atoms with E-state index in [1.54, 1.807) is 0 Å². The summed E-state index contributed by atoms with van der Waals surface area (Å²) in [5.74, 6) is 0. The molecule has 1 unspecified atom stereocenters. The van der Waals surface area contributed by atoms with Crippen LogP contribution in [0.5, 0.6) is 0 Å². The van der Waals surface area contributed by atoms with Crippen LogP contribution in [0.25, 0.3) is 11.0 Å². The van der Waals surface area contributed by atoms with Crippen LogP contribution in [0.15, 0.2) is 24.5 Å². The predicted octanol–water partition coefficient (Wildman–Crippen LogP) is 3.65. The molecule has 1 fully saturated rings. The molecule has 0 bridgehead atoms. The highest BCUT2D eigenvalue weighted by Crippen LogP contribution is 2.53. The summed E-state index contributed by atoms with van der Waals surface area (Å²) < 4.78 is 7.85. The zero-order valence-corrected chi connectivity index (χ0v) is 15.7. The number of fused-ring (bicyclic) bond motifs is 1. The molecule has 0 amide bonds. The number of rotatable bonds is 7. The van der Waals surface area contributed by atoms with Crippen LogP contribution >= 0.6 is 0 Å². The lowest BCUT2D eigenvalue weighted by atomic mass is 9.92. The van der Waals surface area contributed by atoms with E-state index in [-0.39, 0.29) is 11.5 Å². The van der Waals surface area contributed by atoms with Gasteiger partial charge in [-0.3, -0.25) is 0 Å². The highest BCUT2D eigenvalue weighted by Gasteiger charge is 2.49. The zero-order chi connectivity index (χ0) is 17.4. The third-order valence-electron chi connectivity index (χ3n) is 4.84. The fourth-order valence-electron chi connectivity index (χ4n) is 2.86. The maximum absolute atomic E-state index is 9.36. The van der Waals surface area contributed by atoms with Crippen molar-refractivity contribution >= 4 is 19.1 Å². The molecule has 1 aromatic carbocycles. The van der Waals surface area contributed by atoms with E-state index in [9.17, 15) is 5.26 Å². The lowest BCUT2D eigenvalue weighted by Gasteiger charge is -2.17. The lowest BCUT2D eigenvalue weighted by Crippen LogP contribution is -2.22. The normalized spacial score (nSPS) is 17.6. The molecule has 1 aromatic heterocycles. The number of aromatic nitrogens is 2. The molecule has 1 saturated carbocycles. The van der Waals surface area contributed by atoms with Crippen LogP contribution in [-0.4, -0.2) is 24.2 Å². The van der Waals surface area contributed by atoms with Crippen molar-refractivity contribution in [1.29, 1.82) is 5.26 Å². The summed E-state index contributed by atoms with van der Waals surface area (Å²) in [6, 6.07) is 9.35. The highest BCUT2D eigenvalue weighted by atomic mass is 28.3. The number of ether oxygens (including phenoxy) is 1. The molecular weight excluding hydrogens is 316 g/mol. The number of hydrogen-bond acceptors (Lipinski definition) is 4. The van der Waals surface area contributed by atoms with E-state index in [0.29, 0.717) is 6.73 Å². The minimum atomic E-state index is -1.07. The van der Waals surface area contributed by atoms with E-state index in [1.165, 1.54) is 0 Å². The zero-order valence-electron chi connectivity index (χ0n) is 14.7. The van der Waals surface area contributed by atoms with E-state index in [0.717, 1.165) is 42.1 Å². The van der Waals surface area contributed by atoms with Gasteiger partial charge in [0, 0.05) is 20.7 Å². The van der Waals surface area contributed by atoms with Gasteiger partial charge in [-0.2, -0.15) is 5.26 Å². The Morgan fingerprint density at radius 3 is 2.79 bits per heavy atom. The van der Waals surface area contributed by atoms with Crippen LogP contribution in [0.4, 0.5) is 0 Å². The van der Waals surface area contributed by atoms with Gasteiger partial charge in [-0.15, -0.1) is 0 Å². The van der Waals surface area contributed by atoms with Gasteiger partial charge in [-0.25, -0.2) is 4.98 Å². The average molecular weight is 343 g/mol. The van der Waals surface area contributed by atoms with Crippen LogP contribution in [0.3, 0.4) is 0 Å². The Morgan fingerprint density at radius 1 is 1.42 bits per heavy atom. The maximum Gasteiger partial charge on any atom is 0.124 e. The minimum absolute atomic E-state index is 0.233. The second-order valence-corrected chi connectivity index (χ2v) is 13.7. The fraction of sp³-hybridized carbons (Fsp3) is 0.556. The molecule has 5 nitrogen and oxygen atoms in total. The lowest BCUT2D eigenvalue weighted by molar-refractivity contribution is 0.0898. The number of benzene rings is 1. The Balaban J connectivity index is 1.73. The fourth-order valence-corrected chi connectivity index (χ4v) is 3.61. The van der Waals surface area contributed by atoms with Crippen molar-refractivity contribution in [1.82, 2.24) is 9.55 Å². The van der Waals surface area contributed by atoms with Crippen molar-refractivity contribution < 1.29 is 4.74 Å². The Morgan fingerprint density at radius 2 is 2.17 bits per heavy atom. The van der Waals surface area contributed by atoms with Gasteiger partial charge in [-0.1, -0.05) is 25.7 Å². The van der Waals surface area contributed by atoms with Crippen LogP contribution < -0.4 is 5.73 Å². The van der Waals surface area contributed by atoms with Crippen molar-refractivity contribution in [2.45, 2.75) is 51.3 Å². The number of imidazole rings is 1. The van der Waals surface area contributed by atoms with Gasteiger partial charge in [0.15, 0.2) is 0 Å². The SMILES string of the molecule is C[Si](C)(C)CCOCn1cnc2ccc(C(N)C3(C#N)CC3)cc21. The van der Waals surface area contributed by atoms with Gasteiger partial charge < -0.3 is 15.0 Å². The van der Waals surface area contributed by atoms with Crippen LogP contribution in [-0.2, 0) is 11.5 Å². The standard InChI is InChI=1S/C18H26N4OSi/c1-24(2,3)9-8-23-13-22-12-21-15-5-4-14(10-16(15)22)17(20)18(11-19)6-7-18/h4-5,10,12,17H,6-9,13,20H2,1-3H3. The molecule has 2 aromatic rings. The molecule has 2 N–H and O–H groups in total. The molecule has 0 aliphatic heterocycles. The van der Waals surface area contributed by atoms with Gasteiger partial charge in [0.05, 0.1) is 28.8 Å². The summed E-state index contributed by atoms with van der Waals surface area (Å²) >= 11 is 0. The number of nitrogens with zero attached hydrogens (tertiary/aromatic N) is 3. The summed E-state index contributed by atoms with van der Waals surface area (Å²) in [6.07, 6.45) is 3.59. The van der Waals surface area contributed by atoms with E-state index >= 15 is 0 Å². The molecule has 128 valence electrons. The van der Waals surface area contributed by atoms with Crippen LogP contribution in [0.1, 0.15) is 24.4 Å². The molecule has 1 aliphatic rings. The molecule has 0 spiro atoms. The Bertz CT molecular complexity index is 767. The van der Waals surface area contributed by atoms with E-state index in [1.807, 2.05) is 23.0 Å². The number of nitrogens with two attached hydrogens (primary N) is 1. The van der Waals surface area contributed by atoms with Gasteiger partial charge in [-0.05, 0) is 36.6 Å². The summed E-state index contributed by atoms with van der Waals surface area (Å²) in [4.78, 5) is 4.43. The average Bonchev–Trinajstić information content (AvgIpc) is 3.25. The molecular formula is C18H26N4OSi. The van der Waals surface area contributed by atoms with Gasteiger partial charge >= 0.3 is 0 Å². The van der Waals surface area contributed by atoms with Crippen LogP contribution in [0.2, 0.25) is 25.7 Å². The molecule has 0 radical (unpaired) electrons. The highest BCUT2D eigenvalue weighted by molar-refractivity contribution is 6.76. The molecule has 1 heterocycles. The molecule has 3 rings (SSSR count). The molecule has 0 saturated heterocycles. The summed E-state index contributed by atoms with van der Waals surface area (Å²) in [6.45, 7) is 8.33. The second-order valence-electron chi connectivity index (χ2n) is 8.06. The van der Waals surface area contributed by atoms with Gasteiger partial charge in [0.25, 0.3) is 0 Å². The van der Waals surface area contributed by atoms with E-state index in [2.05, 4.69) is 36.8 Å². The van der Waals surface area contributed by atoms with Gasteiger partial charge in [0.1, 0.15) is 6.73 Å².